The molecule has 3 aliphatic rings. The number of aromatic nitrogens is 2. The highest BCUT2D eigenvalue weighted by Crippen LogP contribution is 2.44. The first-order valence-corrected chi connectivity index (χ1v) is 11.6. The van der Waals surface area contributed by atoms with E-state index < -0.39 is 6.29 Å². The molecule has 3 fully saturated rings. The van der Waals surface area contributed by atoms with E-state index in [1.807, 2.05) is 11.7 Å². The van der Waals surface area contributed by atoms with Gasteiger partial charge in [-0.05, 0) is 62.0 Å². The molecule has 1 aliphatic heterocycles. The van der Waals surface area contributed by atoms with Crippen LogP contribution in [0.3, 0.4) is 0 Å². The molecule has 6 nitrogen and oxygen atoms in total. The molecule has 1 saturated heterocycles. The molecule has 0 radical (unpaired) electrons. The maximum absolute atomic E-state index is 13.2. The molecular weight excluding hydrogens is 378 g/mol. The number of piperidine rings is 1. The summed E-state index contributed by atoms with van der Waals surface area (Å²) in [7, 11) is 1.99. The van der Waals surface area contributed by atoms with Crippen molar-refractivity contribution in [2.45, 2.75) is 76.0 Å². The van der Waals surface area contributed by atoms with E-state index in [-0.39, 0.29) is 23.8 Å². The first kappa shape index (κ1) is 20.0. The summed E-state index contributed by atoms with van der Waals surface area (Å²) in [5, 5.41) is 25.7. The van der Waals surface area contributed by atoms with Gasteiger partial charge in [0, 0.05) is 43.8 Å². The van der Waals surface area contributed by atoms with E-state index in [0.29, 0.717) is 18.8 Å². The molecule has 2 aliphatic carbocycles. The fraction of sp³-hybridized carbons (Fsp3) is 0.667. The summed E-state index contributed by atoms with van der Waals surface area (Å²) in [5.41, 5.74) is 3.60. The number of hydrogen-bond acceptors (Lipinski definition) is 4. The van der Waals surface area contributed by atoms with Crippen molar-refractivity contribution in [2.24, 2.45) is 18.9 Å². The minimum absolute atomic E-state index is 0.0971. The Hall–Kier alpha value is -1.92. The molecule has 1 amide bonds. The average molecular weight is 412 g/mol. The summed E-state index contributed by atoms with van der Waals surface area (Å²) in [4.78, 5) is 15.3. The van der Waals surface area contributed by atoms with Crippen molar-refractivity contribution in [2.75, 3.05) is 6.54 Å². The van der Waals surface area contributed by atoms with E-state index >= 15 is 0 Å². The van der Waals surface area contributed by atoms with E-state index in [9.17, 15) is 15.0 Å². The quantitative estimate of drug-likeness (QED) is 0.741. The van der Waals surface area contributed by atoms with Crippen LogP contribution in [0.5, 0.6) is 0 Å². The maximum Gasteiger partial charge on any atom is 0.223 e. The van der Waals surface area contributed by atoms with Gasteiger partial charge < -0.3 is 15.1 Å². The summed E-state index contributed by atoms with van der Waals surface area (Å²) >= 11 is 0. The molecule has 1 aromatic heterocycles. The zero-order chi connectivity index (χ0) is 20.8. The summed E-state index contributed by atoms with van der Waals surface area (Å²) in [5.74, 6) is 0.966. The van der Waals surface area contributed by atoms with Gasteiger partial charge in [0.25, 0.3) is 0 Å². The molecule has 2 saturated carbocycles. The minimum atomic E-state index is -1.27. The van der Waals surface area contributed by atoms with Crippen molar-refractivity contribution in [1.82, 2.24) is 14.7 Å². The predicted molar refractivity (Wildman–Crippen MR) is 115 cm³/mol. The lowest BCUT2D eigenvalue weighted by atomic mass is 9.71. The third kappa shape index (κ3) is 3.54. The van der Waals surface area contributed by atoms with E-state index in [2.05, 4.69) is 23.1 Å². The summed E-state index contributed by atoms with van der Waals surface area (Å²) in [6.45, 7) is 0.796. The molecular formula is C24H33N3O3. The van der Waals surface area contributed by atoms with Crippen molar-refractivity contribution in [3.8, 4) is 0 Å². The number of rotatable bonds is 5. The summed E-state index contributed by atoms with van der Waals surface area (Å²) in [6, 6.07) is 6.63. The lowest BCUT2D eigenvalue weighted by Gasteiger charge is -2.48. The van der Waals surface area contributed by atoms with Crippen LogP contribution in [-0.2, 0) is 18.3 Å². The van der Waals surface area contributed by atoms with Gasteiger partial charge in [-0.15, -0.1) is 0 Å². The lowest BCUT2D eigenvalue weighted by Crippen LogP contribution is -2.53. The molecule has 2 heterocycles. The van der Waals surface area contributed by atoms with Gasteiger partial charge in [-0.3, -0.25) is 9.48 Å². The van der Waals surface area contributed by atoms with Gasteiger partial charge in [-0.2, -0.15) is 5.10 Å². The minimum Gasteiger partial charge on any atom is -0.368 e. The van der Waals surface area contributed by atoms with Crippen LogP contribution in [0.4, 0.5) is 0 Å². The molecule has 3 atom stereocenters. The Bertz CT molecular complexity index is 933. The van der Waals surface area contributed by atoms with E-state index in [1.54, 1.807) is 0 Å². The number of benzene rings is 1. The van der Waals surface area contributed by atoms with Crippen molar-refractivity contribution < 1.29 is 15.0 Å². The number of likely N-dealkylation sites (tertiary alicyclic amines) is 1. The van der Waals surface area contributed by atoms with Gasteiger partial charge in [0.15, 0.2) is 6.29 Å². The largest absolute Gasteiger partial charge is 0.368 e. The van der Waals surface area contributed by atoms with E-state index in [1.165, 1.54) is 23.8 Å². The first-order valence-electron chi connectivity index (χ1n) is 11.6. The number of aliphatic hydroxyl groups is 2. The SMILES string of the molecule is Cn1nc(CCC(=O)N2CCCC3C(C(O)O)CCCC32)c2c(C3CC3)cccc21. The Labute approximate surface area is 177 Å². The summed E-state index contributed by atoms with van der Waals surface area (Å²) in [6.07, 6.45) is 7.11. The van der Waals surface area contributed by atoms with Crippen molar-refractivity contribution in [3.63, 3.8) is 0 Å². The van der Waals surface area contributed by atoms with Gasteiger partial charge in [0.05, 0.1) is 11.2 Å². The van der Waals surface area contributed by atoms with Gasteiger partial charge in [0.2, 0.25) is 5.91 Å². The van der Waals surface area contributed by atoms with Crippen LogP contribution >= 0.6 is 0 Å². The van der Waals surface area contributed by atoms with Crippen LogP contribution < -0.4 is 0 Å². The third-order valence-corrected chi connectivity index (χ3v) is 7.70. The van der Waals surface area contributed by atoms with Crippen LogP contribution in [0.1, 0.15) is 68.5 Å². The average Bonchev–Trinajstić information content (AvgIpc) is 3.55. The second-order valence-corrected chi connectivity index (χ2v) is 9.55. The molecule has 2 aromatic rings. The van der Waals surface area contributed by atoms with Crippen LogP contribution in [0, 0.1) is 11.8 Å². The normalized spacial score (nSPS) is 26.9. The zero-order valence-electron chi connectivity index (χ0n) is 17.8. The highest BCUT2D eigenvalue weighted by atomic mass is 16.5. The number of hydrogen-bond donors (Lipinski definition) is 2. The number of carbonyl (C=O) groups is 1. The Morgan fingerprint density at radius 2 is 2.00 bits per heavy atom. The maximum atomic E-state index is 13.2. The number of nitrogens with zero attached hydrogens (tertiary/aromatic N) is 3. The van der Waals surface area contributed by atoms with Crippen molar-refractivity contribution in [3.05, 3.63) is 29.5 Å². The van der Waals surface area contributed by atoms with Crippen LogP contribution in [-0.4, -0.2) is 49.7 Å². The Kier molecular flexibility index (Phi) is 5.31. The Balaban J connectivity index is 1.33. The first-order chi connectivity index (χ1) is 14.5. The number of aryl methyl sites for hydroxylation is 2. The highest BCUT2D eigenvalue weighted by molar-refractivity contribution is 5.87. The smallest absolute Gasteiger partial charge is 0.223 e. The van der Waals surface area contributed by atoms with Crippen LogP contribution in [0.15, 0.2) is 18.2 Å². The zero-order valence-corrected chi connectivity index (χ0v) is 17.8. The van der Waals surface area contributed by atoms with Gasteiger partial charge >= 0.3 is 0 Å². The van der Waals surface area contributed by atoms with Gasteiger partial charge in [-0.25, -0.2) is 0 Å². The standard InChI is InChI=1S/C24H33N3O3/c1-26-21-9-2-5-16(15-10-11-15)23(21)19(25-26)12-13-22(28)27-14-4-7-17-18(24(29)30)6-3-8-20(17)27/h2,5,9,15,17-18,20,24,29-30H,3-4,6-8,10-14H2,1H3. The van der Waals surface area contributed by atoms with Gasteiger partial charge in [-0.1, -0.05) is 18.6 Å². The second kappa shape index (κ2) is 7.97. The number of amides is 1. The molecule has 0 spiro atoms. The molecule has 5 rings (SSSR count). The topological polar surface area (TPSA) is 78.6 Å². The van der Waals surface area contributed by atoms with Gasteiger partial charge in [0.1, 0.15) is 0 Å². The monoisotopic (exact) mass is 411 g/mol. The molecule has 162 valence electrons. The van der Waals surface area contributed by atoms with Crippen LogP contribution in [0.2, 0.25) is 0 Å². The van der Waals surface area contributed by atoms with E-state index in [4.69, 9.17) is 5.10 Å². The van der Waals surface area contributed by atoms with Crippen molar-refractivity contribution >= 4 is 16.8 Å². The van der Waals surface area contributed by atoms with Crippen LogP contribution in [0.25, 0.3) is 10.9 Å². The number of aliphatic hydroxyl groups excluding tert-OH is 1. The number of fused-ring (bicyclic) bond motifs is 2. The Morgan fingerprint density at radius 1 is 1.17 bits per heavy atom. The Morgan fingerprint density at radius 3 is 2.77 bits per heavy atom. The molecule has 6 heteroatoms. The van der Waals surface area contributed by atoms with Crippen molar-refractivity contribution in [1.29, 1.82) is 0 Å². The lowest BCUT2D eigenvalue weighted by molar-refractivity contribution is -0.151. The molecule has 30 heavy (non-hydrogen) atoms. The number of carbonyl (C=O) groups excluding carboxylic acids is 1. The molecule has 1 aromatic carbocycles. The molecule has 3 unspecified atom stereocenters. The predicted octanol–water partition coefficient (Wildman–Crippen LogP) is 3.10. The fourth-order valence-electron chi connectivity index (χ4n) is 6.12. The summed E-state index contributed by atoms with van der Waals surface area (Å²) < 4.78 is 1.95. The molecule has 0 bridgehead atoms. The molecule has 2 N–H and O–H groups in total. The van der Waals surface area contributed by atoms with E-state index in [0.717, 1.165) is 49.9 Å². The second-order valence-electron chi connectivity index (χ2n) is 9.55. The fourth-order valence-corrected chi connectivity index (χ4v) is 6.12. The third-order valence-electron chi connectivity index (χ3n) is 7.70. The highest BCUT2D eigenvalue weighted by Gasteiger charge is 2.42.